The zero-order chi connectivity index (χ0) is 18.4. The monoisotopic (exact) mass is 370 g/mol. The van der Waals surface area contributed by atoms with Crippen LogP contribution < -0.4 is 0 Å². The topological polar surface area (TPSA) is 49.9 Å². The number of hydrogen-bond donors (Lipinski definition) is 0. The number of hydrogen-bond acceptors (Lipinski definition) is 3. The minimum Gasteiger partial charge on any atom is -0.415 e. The molecule has 0 bridgehead atoms. The molecule has 0 aliphatic carbocycles. The van der Waals surface area contributed by atoms with Crippen molar-refractivity contribution in [3.8, 4) is 0 Å². The number of benzene rings is 1. The van der Waals surface area contributed by atoms with E-state index in [1.165, 1.54) is 4.90 Å². The number of nitrogens with zero attached hydrogens (tertiary/aromatic N) is 2. The Kier molecular flexibility index (Phi) is 7.05. The summed E-state index contributed by atoms with van der Waals surface area (Å²) >= 11 is 5.85. The third-order valence-corrected chi connectivity index (χ3v) is 4.48. The van der Waals surface area contributed by atoms with Gasteiger partial charge in [0.15, 0.2) is 0 Å². The van der Waals surface area contributed by atoms with E-state index in [-0.39, 0.29) is 24.8 Å². The summed E-state index contributed by atoms with van der Waals surface area (Å²) in [4.78, 5) is 27.7. The van der Waals surface area contributed by atoms with Crippen LogP contribution in [-0.4, -0.2) is 53.8 Å². The zero-order valence-electron chi connectivity index (χ0n) is 14.6. The largest absolute Gasteiger partial charge is 0.415 e. The van der Waals surface area contributed by atoms with Crippen molar-refractivity contribution in [3.05, 3.63) is 34.9 Å². The van der Waals surface area contributed by atoms with E-state index >= 15 is 0 Å². The maximum absolute atomic E-state index is 13.5. The van der Waals surface area contributed by atoms with Crippen LogP contribution in [0.2, 0.25) is 5.02 Å². The number of piperazine rings is 1. The van der Waals surface area contributed by atoms with Crippen molar-refractivity contribution >= 4 is 23.6 Å². The lowest BCUT2D eigenvalue weighted by molar-refractivity contribution is -0.133. The van der Waals surface area contributed by atoms with Crippen LogP contribution in [0.3, 0.4) is 0 Å². The maximum atomic E-state index is 13.5. The number of amides is 2. The highest BCUT2D eigenvalue weighted by Crippen LogP contribution is 2.16. The average molecular weight is 371 g/mol. The SMILES string of the molecule is CCCC(F)OC(=O)N1CCN(C(=O)Cc2ccc(Cl)cc2)C[C@@H]1C. The van der Waals surface area contributed by atoms with Crippen LogP contribution >= 0.6 is 11.6 Å². The van der Waals surface area contributed by atoms with Crippen LogP contribution in [0, 0.1) is 0 Å². The smallest absolute Gasteiger partial charge is 0.412 e. The molecular formula is C18H24ClFN2O3. The van der Waals surface area contributed by atoms with Crippen LogP contribution in [0.15, 0.2) is 24.3 Å². The molecule has 0 spiro atoms. The van der Waals surface area contributed by atoms with Gasteiger partial charge < -0.3 is 14.5 Å². The predicted molar refractivity (Wildman–Crippen MR) is 94.2 cm³/mol. The molecule has 1 aliphatic heterocycles. The molecule has 1 saturated heterocycles. The Balaban J connectivity index is 1.86. The Labute approximate surface area is 152 Å². The molecule has 0 saturated carbocycles. The van der Waals surface area contributed by atoms with Crippen LogP contribution in [0.4, 0.5) is 9.18 Å². The number of alkyl halides is 1. The molecule has 1 heterocycles. The van der Waals surface area contributed by atoms with Gasteiger partial charge >= 0.3 is 6.09 Å². The van der Waals surface area contributed by atoms with E-state index in [9.17, 15) is 14.0 Å². The molecule has 5 nitrogen and oxygen atoms in total. The van der Waals surface area contributed by atoms with E-state index in [1.807, 2.05) is 26.0 Å². The lowest BCUT2D eigenvalue weighted by Crippen LogP contribution is -2.56. The van der Waals surface area contributed by atoms with Gasteiger partial charge in [-0.05, 0) is 31.0 Å². The fraction of sp³-hybridized carbons (Fsp3) is 0.556. The van der Waals surface area contributed by atoms with Crippen molar-refractivity contribution in [2.45, 2.75) is 45.5 Å². The molecule has 2 rings (SSSR count). The Morgan fingerprint density at radius 1 is 1.32 bits per heavy atom. The molecule has 2 atom stereocenters. The van der Waals surface area contributed by atoms with Crippen molar-refractivity contribution < 1.29 is 18.7 Å². The van der Waals surface area contributed by atoms with Crippen molar-refractivity contribution in [3.63, 3.8) is 0 Å². The Hall–Kier alpha value is -1.82. The second-order valence-electron chi connectivity index (χ2n) is 6.27. The summed E-state index contributed by atoms with van der Waals surface area (Å²) in [6.07, 6.45) is -1.14. The highest BCUT2D eigenvalue weighted by Gasteiger charge is 2.31. The third kappa shape index (κ3) is 5.59. The second kappa shape index (κ2) is 9.04. The normalized spacial score (nSPS) is 18.8. The molecule has 1 aromatic rings. The summed E-state index contributed by atoms with van der Waals surface area (Å²) in [5.41, 5.74) is 0.892. The van der Waals surface area contributed by atoms with E-state index in [2.05, 4.69) is 0 Å². The van der Waals surface area contributed by atoms with Gasteiger partial charge in [-0.3, -0.25) is 4.79 Å². The third-order valence-electron chi connectivity index (χ3n) is 4.23. The summed E-state index contributed by atoms with van der Waals surface area (Å²) in [6.45, 7) is 4.82. The second-order valence-corrected chi connectivity index (χ2v) is 6.70. The number of halogens is 2. The lowest BCUT2D eigenvalue weighted by Gasteiger charge is -2.39. The number of ether oxygens (including phenoxy) is 1. The molecule has 1 aromatic carbocycles. The van der Waals surface area contributed by atoms with E-state index in [0.29, 0.717) is 31.1 Å². The molecular weight excluding hydrogens is 347 g/mol. The first-order valence-corrected chi connectivity index (χ1v) is 8.92. The van der Waals surface area contributed by atoms with Gasteiger partial charge in [-0.25, -0.2) is 9.18 Å². The fourth-order valence-corrected chi connectivity index (χ4v) is 2.93. The van der Waals surface area contributed by atoms with Crippen molar-refractivity contribution in [1.29, 1.82) is 0 Å². The molecule has 25 heavy (non-hydrogen) atoms. The van der Waals surface area contributed by atoms with Crippen molar-refractivity contribution in [2.75, 3.05) is 19.6 Å². The highest BCUT2D eigenvalue weighted by molar-refractivity contribution is 6.30. The average Bonchev–Trinajstić information content (AvgIpc) is 2.56. The van der Waals surface area contributed by atoms with Gasteiger partial charge in [0, 0.05) is 37.1 Å². The van der Waals surface area contributed by atoms with Crippen LogP contribution in [-0.2, 0) is 16.0 Å². The van der Waals surface area contributed by atoms with E-state index in [0.717, 1.165) is 5.56 Å². The first-order chi connectivity index (χ1) is 11.9. The van der Waals surface area contributed by atoms with Gasteiger partial charge in [0.1, 0.15) is 0 Å². The fourth-order valence-electron chi connectivity index (χ4n) is 2.81. The minimum absolute atomic E-state index is 0.00320. The Bertz CT molecular complexity index is 596. The Morgan fingerprint density at radius 2 is 2.00 bits per heavy atom. The van der Waals surface area contributed by atoms with Crippen molar-refractivity contribution in [1.82, 2.24) is 9.80 Å². The van der Waals surface area contributed by atoms with Gasteiger partial charge in [0.25, 0.3) is 0 Å². The molecule has 7 heteroatoms. The van der Waals surface area contributed by atoms with Crippen LogP contribution in [0.25, 0.3) is 0 Å². The van der Waals surface area contributed by atoms with E-state index < -0.39 is 12.5 Å². The summed E-state index contributed by atoms with van der Waals surface area (Å²) in [5.74, 6) is -0.00320. The number of carbonyl (C=O) groups is 2. The molecule has 138 valence electrons. The Morgan fingerprint density at radius 3 is 2.60 bits per heavy atom. The summed E-state index contributed by atoms with van der Waals surface area (Å²) in [7, 11) is 0. The van der Waals surface area contributed by atoms with Crippen molar-refractivity contribution in [2.24, 2.45) is 0 Å². The van der Waals surface area contributed by atoms with Gasteiger partial charge in [-0.1, -0.05) is 30.7 Å². The van der Waals surface area contributed by atoms with Crippen LogP contribution in [0.5, 0.6) is 0 Å². The maximum Gasteiger partial charge on any atom is 0.412 e. The van der Waals surface area contributed by atoms with Gasteiger partial charge in [0.05, 0.1) is 6.42 Å². The van der Waals surface area contributed by atoms with Gasteiger partial charge in [-0.2, -0.15) is 0 Å². The molecule has 2 amide bonds. The summed E-state index contributed by atoms with van der Waals surface area (Å²) in [6, 6.07) is 6.94. The molecule has 1 fully saturated rings. The highest BCUT2D eigenvalue weighted by atomic mass is 35.5. The summed E-state index contributed by atoms with van der Waals surface area (Å²) < 4.78 is 18.3. The first kappa shape index (κ1) is 19.5. The summed E-state index contributed by atoms with van der Waals surface area (Å²) in [5, 5.41) is 0.631. The quantitative estimate of drug-likeness (QED) is 0.795. The molecule has 0 N–H and O–H groups in total. The predicted octanol–water partition coefficient (Wildman–Crippen LogP) is 3.65. The minimum atomic E-state index is -1.57. The van der Waals surface area contributed by atoms with Gasteiger partial charge in [0.2, 0.25) is 12.3 Å². The molecule has 1 aliphatic rings. The zero-order valence-corrected chi connectivity index (χ0v) is 15.3. The number of carbonyl (C=O) groups excluding carboxylic acids is 2. The molecule has 1 unspecified atom stereocenters. The lowest BCUT2D eigenvalue weighted by atomic mass is 10.1. The van der Waals surface area contributed by atoms with Crippen LogP contribution in [0.1, 0.15) is 32.3 Å². The first-order valence-electron chi connectivity index (χ1n) is 8.54. The molecule has 0 aromatic heterocycles. The number of rotatable bonds is 5. The van der Waals surface area contributed by atoms with E-state index in [4.69, 9.17) is 16.3 Å². The van der Waals surface area contributed by atoms with E-state index in [1.54, 1.807) is 17.0 Å². The standard InChI is InChI=1S/C18H24ClFN2O3/c1-3-4-16(20)25-18(24)22-10-9-21(12-13(22)2)17(23)11-14-5-7-15(19)8-6-14/h5-8,13,16H,3-4,9-12H2,1-2H3/t13-,16?/m0/s1. The van der Waals surface area contributed by atoms with Gasteiger partial charge in [-0.15, -0.1) is 0 Å². The molecule has 0 radical (unpaired) electrons.